The largest absolute Gasteiger partial charge is 0.308 e. The lowest BCUT2D eigenvalue weighted by molar-refractivity contribution is 0.367. The highest BCUT2D eigenvalue weighted by atomic mass is 16.1. The quantitative estimate of drug-likeness (QED) is 0.177. The zero-order chi connectivity index (χ0) is 42.4. The SMILES string of the molecule is Cc1c(-c2ccccn2)nn(CCN(C)C)c(=O)c1C.Cc1cc(-c2ccccn2)nn(CCN(C)C)c1=O.Cc1cc(=O)n(CCN(C)C)nc1-c1ccccn1. The summed E-state index contributed by atoms with van der Waals surface area (Å²) in [7, 11) is 11.8. The summed E-state index contributed by atoms with van der Waals surface area (Å²) in [5.41, 5.74) is 7.68. The monoisotopic (exact) mass is 788 g/mol. The highest BCUT2D eigenvalue weighted by molar-refractivity contribution is 5.59. The molecule has 0 bridgehead atoms. The van der Waals surface area contributed by atoms with Crippen LogP contribution in [0.4, 0.5) is 0 Å². The second kappa shape index (κ2) is 21.5. The van der Waals surface area contributed by atoms with Crippen molar-refractivity contribution in [1.29, 1.82) is 0 Å². The molecule has 0 aliphatic heterocycles. The first-order valence-corrected chi connectivity index (χ1v) is 19.1. The summed E-state index contributed by atoms with van der Waals surface area (Å²) in [6.45, 7) is 11.5. The fourth-order valence-corrected chi connectivity index (χ4v) is 5.51. The molecule has 0 N–H and O–H groups in total. The van der Waals surface area contributed by atoms with E-state index in [1.807, 2.05) is 139 Å². The number of aromatic nitrogens is 9. The molecule has 0 spiro atoms. The molecule has 0 aliphatic rings. The minimum Gasteiger partial charge on any atom is -0.308 e. The highest BCUT2D eigenvalue weighted by Gasteiger charge is 2.14. The molecule has 0 radical (unpaired) electrons. The molecule has 6 rings (SSSR count). The Kier molecular flexibility index (Phi) is 16.5. The van der Waals surface area contributed by atoms with Crippen LogP contribution < -0.4 is 16.7 Å². The van der Waals surface area contributed by atoms with Crippen LogP contribution in [-0.2, 0) is 19.6 Å². The third-order valence-corrected chi connectivity index (χ3v) is 9.06. The van der Waals surface area contributed by atoms with E-state index in [1.54, 1.807) is 30.7 Å². The van der Waals surface area contributed by atoms with Gasteiger partial charge in [0.1, 0.15) is 17.1 Å². The van der Waals surface area contributed by atoms with Gasteiger partial charge < -0.3 is 14.7 Å². The lowest BCUT2D eigenvalue weighted by atomic mass is 10.1. The van der Waals surface area contributed by atoms with E-state index in [0.29, 0.717) is 25.2 Å². The van der Waals surface area contributed by atoms with Gasteiger partial charge in [0.15, 0.2) is 0 Å². The summed E-state index contributed by atoms with van der Waals surface area (Å²) in [6, 6.07) is 20.5. The molecule has 0 amide bonds. The summed E-state index contributed by atoms with van der Waals surface area (Å²) in [5, 5.41) is 13.3. The molecule has 0 unspecified atom stereocenters. The highest BCUT2D eigenvalue weighted by Crippen LogP contribution is 2.19. The Balaban J connectivity index is 0.000000193. The number of pyridine rings is 3. The average Bonchev–Trinajstić information content (AvgIpc) is 3.21. The Hall–Kier alpha value is -6.03. The van der Waals surface area contributed by atoms with Gasteiger partial charge in [-0.05, 0) is 124 Å². The first-order chi connectivity index (χ1) is 27.7. The van der Waals surface area contributed by atoms with Crippen molar-refractivity contribution in [2.24, 2.45) is 0 Å². The topological polar surface area (TPSA) is 153 Å². The van der Waals surface area contributed by atoms with Gasteiger partial charge in [0.25, 0.3) is 16.7 Å². The minimum absolute atomic E-state index is 0.0240. The van der Waals surface area contributed by atoms with Crippen LogP contribution in [0.2, 0.25) is 0 Å². The van der Waals surface area contributed by atoms with Gasteiger partial charge in [-0.3, -0.25) is 29.3 Å². The van der Waals surface area contributed by atoms with E-state index in [-0.39, 0.29) is 16.7 Å². The third-order valence-electron chi connectivity index (χ3n) is 9.06. The molecule has 0 atom stereocenters. The smallest absolute Gasteiger partial charge is 0.270 e. The number of nitrogens with zero attached hydrogens (tertiary/aromatic N) is 12. The van der Waals surface area contributed by atoms with Crippen LogP contribution in [0.1, 0.15) is 22.3 Å². The fourth-order valence-electron chi connectivity index (χ4n) is 5.51. The van der Waals surface area contributed by atoms with Gasteiger partial charge >= 0.3 is 0 Å². The van der Waals surface area contributed by atoms with Gasteiger partial charge in [-0.2, -0.15) is 15.3 Å². The van der Waals surface area contributed by atoms with Gasteiger partial charge in [-0.15, -0.1) is 0 Å². The van der Waals surface area contributed by atoms with Crippen molar-refractivity contribution in [1.82, 2.24) is 59.0 Å². The maximum atomic E-state index is 12.2. The summed E-state index contributed by atoms with van der Waals surface area (Å²) < 4.78 is 4.54. The number of hydrogen-bond acceptors (Lipinski definition) is 12. The van der Waals surface area contributed by atoms with Gasteiger partial charge in [-0.1, -0.05) is 18.2 Å². The first kappa shape index (κ1) is 44.7. The molecule has 0 saturated carbocycles. The maximum absolute atomic E-state index is 12.2. The van der Waals surface area contributed by atoms with Crippen molar-refractivity contribution in [3.63, 3.8) is 0 Å². The minimum atomic E-state index is -0.0703. The Morgan fingerprint density at radius 1 is 0.466 bits per heavy atom. The molecular weight excluding hydrogens is 733 g/mol. The molecule has 0 saturated heterocycles. The Labute approximate surface area is 340 Å². The molecule has 0 fully saturated rings. The molecule has 306 valence electrons. The zero-order valence-corrected chi connectivity index (χ0v) is 35.4. The first-order valence-electron chi connectivity index (χ1n) is 19.1. The number of hydrogen-bond donors (Lipinski definition) is 0. The van der Waals surface area contributed by atoms with Crippen LogP contribution in [-0.4, -0.2) is 121 Å². The van der Waals surface area contributed by atoms with Crippen LogP contribution in [0.5, 0.6) is 0 Å². The maximum Gasteiger partial charge on any atom is 0.270 e. The van der Waals surface area contributed by atoms with Crippen LogP contribution in [0.25, 0.3) is 34.2 Å². The van der Waals surface area contributed by atoms with Crippen molar-refractivity contribution in [3.05, 3.63) is 139 Å². The van der Waals surface area contributed by atoms with E-state index in [9.17, 15) is 14.4 Å². The third kappa shape index (κ3) is 12.7. The molecule has 6 aromatic rings. The second-order valence-corrected chi connectivity index (χ2v) is 14.7. The van der Waals surface area contributed by atoms with E-state index in [0.717, 1.165) is 70.5 Å². The molecule has 6 aromatic heterocycles. The van der Waals surface area contributed by atoms with Crippen LogP contribution in [0, 0.1) is 27.7 Å². The van der Waals surface area contributed by atoms with Crippen molar-refractivity contribution in [3.8, 4) is 34.2 Å². The number of likely N-dealkylation sites (N-methyl/N-ethyl adjacent to an activating group) is 3. The predicted molar refractivity (Wildman–Crippen MR) is 230 cm³/mol. The molecular formula is C43H56N12O3. The molecule has 58 heavy (non-hydrogen) atoms. The summed E-state index contributed by atoms with van der Waals surface area (Å²) in [5.74, 6) is 0. The Morgan fingerprint density at radius 2 is 0.914 bits per heavy atom. The van der Waals surface area contributed by atoms with Crippen molar-refractivity contribution >= 4 is 0 Å². The summed E-state index contributed by atoms with van der Waals surface area (Å²) in [6.07, 6.45) is 5.19. The van der Waals surface area contributed by atoms with E-state index in [4.69, 9.17) is 0 Å². The van der Waals surface area contributed by atoms with Crippen molar-refractivity contribution in [2.75, 3.05) is 61.9 Å². The lowest BCUT2D eigenvalue weighted by Crippen LogP contribution is -2.31. The van der Waals surface area contributed by atoms with E-state index in [2.05, 4.69) is 30.2 Å². The van der Waals surface area contributed by atoms with E-state index in [1.165, 1.54) is 14.0 Å². The number of rotatable bonds is 12. The molecule has 0 aliphatic carbocycles. The molecule has 15 heteroatoms. The fraction of sp³-hybridized carbons (Fsp3) is 0.372. The molecule has 15 nitrogen and oxygen atoms in total. The zero-order valence-electron chi connectivity index (χ0n) is 35.4. The van der Waals surface area contributed by atoms with Gasteiger partial charge in [-0.25, -0.2) is 14.0 Å². The van der Waals surface area contributed by atoms with E-state index < -0.39 is 0 Å². The van der Waals surface area contributed by atoms with Gasteiger partial charge in [0, 0.05) is 55.4 Å². The average molecular weight is 789 g/mol. The van der Waals surface area contributed by atoms with Crippen LogP contribution in [0.15, 0.2) is 99.7 Å². The van der Waals surface area contributed by atoms with Crippen LogP contribution in [0.3, 0.4) is 0 Å². The summed E-state index contributed by atoms with van der Waals surface area (Å²) >= 11 is 0. The van der Waals surface area contributed by atoms with Crippen LogP contribution >= 0.6 is 0 Å². The van der Waals surface area contributed by atoms with Crippen molar-refractivity contribution < 1.29 is 0 Å². The second-order valence-electron chi connectivity index (χ2n) is 14.7. The van der Waals surface area contributed by atoms with E-state index >= 15 is 0 Å². The lowest BCUT2D eigenvalue weighted by Gasteiger charge is -2.14. The van der Waals surface area contributed by atoms with Crippen molar-refractivity contribution in [2.45, 2.75) is 47.3 Å². The normalized spacial score (nSPS) is 11.0. The number of aryl methyl sites for hydroxylation is 2. The Bertz CT molecular complexity index is 2390. The van der Waals surface area contributed by atoms with Gasteiger partial charge in [0.2, 0.25) is 0 Å². The Morgan fingerprint density at radius 3 is 1.40 bits per heavy atom. The van der Waals surface area contributed by atoms with Gasteiger partial charge in [0.05, 0.1) is 36.7 Å². The standard InChI is InChI=1S/C15H20N4O.2C14H18N4O/c1-11-12(2)15(20)19(10-9-18(3)4)17-14(11)13-7-5-6-8-16-13;1-11-10-13(19)18(9-8-17(2)3)16-14(11)12-6-4-5-7-15-12;1-11-10-13(12-6-4-5-7-15-12)16-18(14(11)19)9-8-17(2)3/h5-8H,9-10H2,1-4H3;2*4-7,10H,8-9H2,1-3H3. The molecule has 6 heterocycles. The molecule has 0 aromatic carbocycles. The summed E-state index contributed by atoms with van der Waals surface area (Å²) in [4.78, 5) is 55.1. The predicted octanol–water partition coefficient (Wildman–Crippen LogP) is 3.83.